The minimum Gasteiger partial charge on any atom is -0.345 e. The Hall–Kier alpha value is -2.08. The molecule has 0 atom stereocenters. The van der Waals surface area contributed by atoms with Crippen LogP contribution in [0.5, 0.6) is 0 Å². The molecule has 0 saturated heterocycles. The first-order chi connectivity index (χ1) is 8.02. The Morgan fingerprint density at radius 1 is 1.24 bits per heavy atom. The second-order valence-electron chi connectivity index (χ2n) is 3.64. The molecule has 0 aliphatic carbocycles. The maximum atomic E-state index is 11.2. The van der Waals surface area contributed by atoms with Gasteiger partial charge in [0.1, 0.15) is 6.42 Å². The smallest absolute Gasteiger partial charge is 0.302 e. The van der Waals surface area contributed by atoms with Gasteiger partial charge in [0.15, 0.2) is 0 Å². The first-order valence-corrected chi connectivity index (χ1v) is 5.21. The zero-order valence-corrected chi connectivity index (χ0v) is 10.1. The van der Waals surface area contributed by atoms with Gasteiger partial charge in [-0.2, -0.15) is 5.26 Å². The predicted molar refractivity (Wildman–Crippen MR) is 61.6 cm³/mol. The molecule has 0 bridgehead atoms. The van der Waals surface area contributed by atoms with Crippen molar-refractivity contribution in [3.05, 3.63) is 11.4 Å². The number of carbonyl (C=O) groups excluding carboxylic acids is 2. The Kier molecular flexibility index (Phi) is 7.12. The highest BCUT2D eigenvalue weighted by molar-refractivity contribution is 5.79. The van der Waals surface area contributed by atoms with E-state index < -0.39 is 0 Å². The van der Waals surface area contributed by atoms with Crippen molar-refractivity contribution in [1.29, 1.82) is 5.26 Å². The molecule has 17 heavy (non-hydrogen) atoms. The van der Waals surface area contributed by atoms with Crippen molar-refractivity contribution in [2.45, 2.75) is 12.8 Å². The molecule has 0 aromatic heterocycles. The summed E-state index contributed by atoms with van der Waals surface area (Å²) in [6, 6.07) is 1.79. The first-order valence-electron chi connectivity index (χ1n) is 5.21. The second-order valence-corrected chi connectivity index (χ2v) is 3.64. The molecule has 0 aromatic carbocycles. The van der Waals surface area contributed by atoms with E-state index in [9.17, 15) is 9.59 Å². The van der Waals surface area contributed by atoms with E-state index in [-0.39, 0.29) is 24.8 Å². The van der Waals surface area contributed by atoms with Crippen molar-refractivity contribution < 1.29 is 9.59 Å². The molecule has 0 radical (unpaired) electrons. The molecule has 0 aliphatic heterocycles. The van der Waals surface area contributed by atoms with Crippen molar-refractivity contribution in [3.63, 3.8) is 0 Å². The van der Waals surface area contributed by atoms with E-state index in [0.29, 0.717) is 19.5 Å². The number of hydrogen-bond acceptors (Lipinski definition) is 3. The normalized spacial score (nSPS) is 8.94. The van der Waals surface area contributed by atoms with Crippen molar-refractivity contribution in [2.24, 2.45) is 0 Å². The highest BCUT2D eigenvalue weighted by Gasteiger charge is 2.12. The summed E-state index contributed by atoms with van der Waals surface area (Å²) >= 11 is 0. The molecule has 0 spiro atoms. The topological polar surface area (TPSA) is 68.8 Å². The maximum Gasteiger partial charge on any atom is 0.302 e. The van der Waals surface area contributed by atoms with Gasteiger partial charge in [0, 0.05) is 27.2 Å². The molecule has 0 aromatic rings. The van der Waals surface area contributed by atoms with Crippen LogP contribution in [0.25, 0.3) is 4.85 Å². The summed E-state index contributed by atoms with van der Waals surface area (Å²) < 4.78 is 0. The van der Waals surface area contributed by atoms with Crippen molar-refractivity contribution >= 4 is 11.8 Å². The number of rotatable bonds is 6. The Morgan fingerprint density at radius 3 is 2.24 bits per heavy atom. The molecule has 0 N–H and O–H groups in total. The minimum absolute atomic E-state index is 0.122. The molecule has 0 unspecified atom stereocenters. The third-order valence-electron chi connectivity index (χ3n) is 2.28. The molecule has 0 rings (SSSR count). The van der Waals surface area contributed by atoms with Crippen molar-refractivity contribution in [1.82, 2.24) is 9.80 Å². The number of amides is 2. The SMILES string of the molecule is [C-]#[N+]CC(=O)N(C)CCCN(C)C(=O)CC#N. The van der Waals surface area contributed by atoms with Gasteiger partial charge in [-0.1, -0.05) is 0 Å². The largest absolute Gasteiger partial charge is 0.345 e. The zero-order chi connectivity index (χ0) is 13.3. The summed E-state index contributed by atoms with van der Waals surface area (Å²) in [7, 11) is 3.26. The average molecular weight is 236 g/mol. The average Bonchev–Trinajstić information content (AvgIpc) is 2.29. The predicted octanol–water partition coefficient (Wildman–Crippen LogP) is 0.126. The van der Waals surface area contributed by atoms with Crippen LogP contribution in [0.3, 0.4) is 0 Å². The van der Waals surface area contributed by atoms with Crippen LogP contribution < -0.4 is 0 Å². The van der Waals surface area contributed by atoms with E-state index in [4.69, 9.17) is 11.8 Å². The molecule has 2 amide bonds. The lowest BCUT2D eigenvalue weighted by Crippen LogP contribution is -2.33. The number of hydrogen-bond donors (Lipinski definition) is 0. The van der Waals surface area contributed by atoms with E-state index >= 15 is 0 Å². The zero-order valence-electron chi connectivity index (χ0n) is 10.1. The van der Waals surface area contributed by atoms with E-state index in [1.165, 1.54) is 9.80 Å². The molecule has 92 valence electrons. The minimum atomic E-state index is -0.220. The monoisotopic (exact) mass is 236 g/mol. The number of nitrogens with zero attached hydrogens (tertiary/aromatic N) is 4. The van der Waals surface area contributed by atoms with Gasteiger partial charge in [-0.15, -0.1) is 0 Å². The van der Waals surface area contributed by atoms with Crippen LogP contribution in [-0.4, -0.2) is 55.3 Å². The fourth-order valence-corrected chi connectivity index (χ4v) is 1.19. The van der Waals surface area contributed by atoms with Gasteiger partial charge in [0.25, 0.3) is 6.54 Å². The Balaban J connectivity index is 3.85. The quantitative estimate of drug-likeness (QED) is 0.615. The van der Waals surface area contributed by atoms with Crippen molar-refractivity contribution in [3.8, 4) is 6.07 Å². The van der Waals surface area contributed by atoms with E-state index in [1.54, 1.807) is 20.2 Å². The van der Waals surface area contributed by atoms with Gasteiger partial charge in [-0.05, 0) is 6.42 Å². The molecular formula is C11H16N4O2. The van der Waals surface area contributed by atoms with E-state index in [0.717, 1.165) is 0 Å². The maximum absolute atomic E-state index is 11.2. The number of likely N-dealkylation sites (N-methyl/N-ethyl adjacent to an activating group) is 1. The van der Waals surface area contributed by atoms with E-state index in [1.807, 2.05) is 0 Å². The molecule has 0 fully saturated rings. The van der Waals surface area contributed by atoms with Crippen LogP contribution in [0, 0.1) is 17.9 Å². The number of carbonyl (C=O) groups is 2. The summed E-state index contributed by atoms with van der Waals surface area (Å²) in [5.74, 6) is -0.436. The van der Waals surface area contributed by atoms with E-state index in [2.05, 4.69) is 4.85 Å². The van der Waals surface area contributed by atoms with Crippen LogP contribution in [0.2, 0.25) is 0 Å². The lowest BCUT2D eigenvalue weighted by Gasteiger charge is -2.18. The number of nitriles is 1. The standard InChI is InChI=1S/C11H16N4O2/c1-13-9-11(17)15(3)8-4-7-14(2)10(16)5-6-12/h4-5,7-9H2,2-3H3. The highest BCUT2D eigenvalue weighted by Crippen LogP contribution is 1.95. The molecule has 6 heteroatoms. The highest BCUT2D eigenvalue weighted by atomic mass is 16.2. The van der Waals surface area contributed by atoms with Gasteiger partial charge in [-0.3, -0.25) is 9.59 Å². The Labute approximate surface area is 101 Å². The van der Waals surface area contributed by atoms with Crippen molar-refractivity contribution in [2.75, 3.05) is 33.7 Å². The van der Waals surface area contributed by atoms with Gasteiger partial charge in [0.05, 0.1) is 6.07 Å². The Bertz CT molecular complexity index is 319. The van der Waals surface area contributed by atoms with Crippen LogP contribution >= 0.6 is 0 Å². The molecular weight excluding hydrogens is 220 g/mol. The fourth-order valence-electron chi connectivity index (χ4n) is 1.19. The molecule has 6 nitrogen and oxygen atoms in total. The van der Waals surface area contributed by atoms with Crippen LogP contribution in [0.15, 0.2) is 0 Å². The molecule has 0 heterocycles. The summed E-state index contributed by atoms with van der Waals surface area (Å²) in [5, 5.41) is 8.35. The lowest BCUT2D eigenvalue weighted by atomic mass is 10.3. The summed E-state index contributed by atoms with van der Waals surface area (Å²) in [5.41, 5.74) is 0. The van der Waals surface area contributed by atoms with Gasteiger partial charge < -0.3 is 14.6 Å². The third-order valence-corrected chi connectivity index (χ3v) is 2.28. The molecule has 0 saturated carbocycles. The lowest BCUT2D eigenvalue weighted by molar-refractivity contribution is -0.129. The molecule has 0 aliphatic rings. The fraction of sp³-hybridized carbons (Fsp3) is 0.636. The Morgan fingerprint density at radius 2 is 1.76 bits per heavy atom. The van der Waals surface area contributed by atoms with Gasteiger partial charge >= 0.3 is 5.91 Å². The van der Waals surface area contributed by atoms with Crippen LogP contribution in [-0.2, 0) is 9.59 Å². The van der Waals surface area contributed by atoms with Crippen LogP contribution in [0.4, 0.5) is 0 Å². The van der Waals surface area contributed by atoms with Gasteiger partial charge in [-0.25, -0.2) is 6.57 Å². The summed E-state index contributed by atoms with van der Waals surface area (Å²) in [6.45, 7) is 7.42. The van der Waals surface area contributed by atoms with Crippen LogP contribution in [0.1, 0.15) is 12.8 Å². The second kappa shape index (κ2) is 8.12. The van der Waals surface area contributed by atoms with Gasteiger partial charge in [0.2, 0.25) is 5.91 Å². The first kappa shape index (κ1) is 14.9. The summed E-state index contributed by atoms with van der Waals surface area (Å²) in [6.07, 6.45) is 0.511. The third kappa shape index (κ3) is 6.16. The summed E-state index contributed by atoms with van der Waals surface area (Å²) in [4.78, 5) is 28.4.